The molecule has 3 heteroatoms. The number of piperidine rings is 1. The number of ketones is 1. The lowest BCUT2D eigenvalue weighted by molar-refractivity contribution is 0.0932. The standard InChI is InChI=1S/C12H17NO2/c1-9-4-2-5-10(13-9)8-11(14)12-6-3-7-15-12/h3,6-7,9-10,13H,2,4-5,8H2,1H3. The summed E-state index contributed by atoms with van der Waals surface area (Å²) < 4.78 is 5.09. The van der Waals surface area contributed by atoms with Crippen LogP contribution >= 0.6 is 0 Å². The Balaban J connectivity index is 1.89. The highest BCUT2D eigenvalue weighted by Gasteiger charge is 2.21. The zero-order valence-electron chi connectivity index (χ0n) is 9.03. The third-order valence-electron chi connectivity index (χ3n) is 2.94. The highest BCUT2D eigenvalue weighted by atomic mass is 16.3. The molecule has 0 aromatic carbocycles. The zero-order valence-corrected chi connectivity index (χ0v) is 9.03. The number of rotatable bonds is 3. The van der Waals surface area contributed by atoms with Crippen molar-refractivity contribution < 1.29 is 9.21 Å². The minimum Gasteiger partial charge on any atom is -0.461 e. The van der Waals surface area contributed by atoms with Gasteiger partial charge in [-0.15, -0.1) is 0 Å². The largest absolute Gasteiger partial charge is 0.461 e. The van der Waals surface area contributed by atoms with Crippen LogP contribution in [0.15, 0.2) is 22.8 Å². The average Bonchev–Trinajstić information content (AvgIpc) is 2.70. The Kier molecular flexibility index (Phi) is 3.21. The predicted molar refractivity (Wildman–Crippen MR) is 57.9 cm³/mol. The Morgan fingerprint density at radius 3 is 3.13 bits per heavy atom. The van der Waals surface area contributed by atoms with Crippen molar-refractivity contribution in [1.82, 2.24) is 5.32 Å². The molecule has 2 unspecified atom stereocenters. The number of hydrogen-bond acceptors (Lipinski definition) is 3. The van der Waals surface area contributed by atoms with Gasteiger partial charge in [0, 0.05) is 18.5 Å². The molecule has 0 spiro atoms. The molecule has 1 fully saturated rings. The average molecular weight is 207 g/mol. The maximum atomic E-state index is 11.7. The van der Waals surface area contributed by atoms with E-state index in [0.29, 0.717) is 24.3 Å². The number of hydrogen-bond donors (Lipinski definition) is 1. The lowest BCUT2D eigenvalue weighted by Gasteiger charge is -2.28. The molecule has 1 aliphatic rings. The van der Waals surface area contributed by atoms with Gasteiger partial charge in [-0.3, -0.25) is 4.79 Å². The summed E-state index contributed by atoms with van der Waals surface area (Å²) in [5, 5.41) is 3.45. The first kappa shape index (κ1) is 10.4. The monoisotopic (exact) mass is 207 g/mol. The second kappa shape index (κ2) is 4.62. The predicted octanol–water partition coefficient (Wildman–Crippen LogP) is 2.38. The second-order valence-corrected chi connectivity index (χ2v) is 4.30. The van der Waals surface area contributed by atoms with Crippen LogP contribution in [0.4, 0.5) is 0 Å². The Bertz CT molecular complexity index is 318. The van der Waals surface area contributed by atoms with Crippen molar-refractivity contribution in [3.05, 3.63) is 24.2 Å². The number of Topliss-reactive ketones (excluding diaryl/α,β-unsaturated/α-hetero) is 1. The fourth-order valence-corrected chi connectivity index (χ4v) is 2.16. The smallest absolute Gasteiger partial charge is 0.199 e. The third-order valence-corrected chi connectivity index (χ3v) is 2.94. The lowest BCUT2D eigenvalue weighted by Crippen LogP contribution is -2.41. The molecule has 15 heavy (non-hydrogen) atoms. The summed E-state index contributed by atoms with van der Waals surface area (Å²) in [6.07, 6.45) is 5.62. The van der Waals surface area contributed by atoms with Crippen molar-refractivity contribution in [3.63, 3.8) is 0 Å². The number of furan rings is 1. The fourth-order valence-electron chi connectivity index (χ4n) is 2.16. The lowest BCUT2D eigenvalue weighted by atomic mass is 9.95. The number of nitrogens with one attached hydrogen (secondary N) is 1. The van der Waals surface area contributed by atoms with Gasteiger partial charge < -0.3 is 9.73 Å². The molecule has 3 nitrogen and oxygen atoms in total. The van der Waals surface area contributed by atoms with Gasteiger partial charge in [-0.2, -0.15) is 0 Å². The van der Waals surface area contributed by atoms with Crippen molar-refractivity contribution in [1.29, 1.82) is 0 Å². The van der Waals surface area contributed by atoms with Gasteiger partial charge in [-0.25, -0.2) is 0 Å². The Morgan fingerprint density at radius 1 is 1.60 bits per heavy atom. The van der Waals surface area contributed by atoms with E-state index in [4.69, 9.17) is 4.42 Å². The quantitative estimate of drug-likeness (QED) is 0.774. The van der Waals surface area contributed by atoms with Crippen molar-refractivity contribution in [2.45, 2.75) is 44.7 Å². The van der Waals surface area contributed by atoms with Crippen molar-refractivity contribution in [2.24, 2.45) is 0 Å². The molecule has 0 amide bonds. The van der Waals surface area contributed by atoms with Crippen molar-refractivity contribution in [3.8, 4) is 0 Å². The maximum absolute atomic E-state index is 11.7. The van der Waals surface area contributed by atoms with Crippen LogP contribution < -0.4 is 5.32 Å². The van der Waals surface area contributed by atoms with Gasteiger partial charge in [0.05, 0.1) is 6.26 Å². The van der Waals surface area contributed by atoms with Gasteiger partial charge >= 0.3 is 0 Å². The first-order valence-electron chi connectivity index (χ1n) is 5.58. The maximum Gasteiger partial charge on any atom is 0.199 e. The van der Waals surface area contributed by atoms with Crippen LogP contribution in [0, 0.1) is 0 Å². The molecule has 0 bridgehead atoms. The third kappa shape index (κ3) is 2.69. The minimum atomic E-state index is 0.103. The summed E-state index contributed by atoms with van der Waals surface area (Å²) >= 11 is 0. The molecular formula is C12H17NO2. The van der Waals surface area contributed by atoms with E-state index in [2.05, 4.69) is 12.2 Å². The Labute approximate surface area is 89.9 Å². The van der Waals surface area contributed by atoms with E-state index in [-0.39, 0.29) is 5.78 Å². The van der Waals surface area contributed by atoms with Crippen LogP contribution in [0.3, 0.4) is 0 Å². The molecule has 2 heterocycles. The molecule has 2 atom stereocenters. The SMILES string of the molecule is CC1CCCC(CC(=O)c2ccco2)N1. The van der Waals surface area contributed by atoms with E-state index in [0.717, 1.165) is 6.42 Å². The van der Waals surface area contributed by atoms with Crippen LogP contribution in [0.5, 0.6) is 0 Å². The van der Waals surface area contributed by atoms with Gasteiger partial charge in [-0.05, 0) is 31.9 Å². The van der Waals surface area contributed by atoms with Crippen molar-refractivity contribution >= 4 is 5.78 Å². The zero-order chi connectivity index (χ0) is 10.7. The van der Waals surface area contributed by atoms with Crippen LogP contribution in [0.25, 0.3) is 0 Å². The Hall–Kier alpha value is -1.09. The van der Waals surface area contributed by atoms with Gasteiger partial charge in [0.1, 0.15) is 0 Å². The van der Waals surface area contributed by atoms with Gasteiger partial charge in [0.25, 0.3) is 0 Å². The molecule has 0 saturated carbocycles. The van der Waals surface area contributed by atoms with E-state index in [1.54, 1.807) is 18.4 Å². The topological polar surface area (TPSA) is 42.2 Å². The normalized spacial score (nSPS) is 26.5. The van der Waals surface area contributed by atoms with Crippen molar-refractivity contribution in [2.75, 3.05) is 0 Å². The van der Waals surface area contributed by atoms with E-state index in [9.17, 15) is 4.79 Å². The first-order chi connectivity index (χ1) is 7.25. The summed E-state index contributed by atoms with van der Waals surface area (Å²) in [4.78, 5) is 11.7. The second-order valence-electron chi connectivity index (χ2n) is 4.30. The Morgan fingerprint density at radius 2 is 2.47 bits per heavy atom. The van der Waals surface area contributed by atoms with Gasteiger partial charge in [0.15, 0.2) is 11.5 Å². The minimum absolute atomic E-state index is 0.103. The van der Waals surface area contributed by atoms with E-state index in [1.165, 1.54) is 12.8 Å². The van der Waals surface area contributed by atoms with Gasteiger partial charge in [-0.1, -0.05) is 6.42 Å². The summed E-state index contributed by atoms with van der Waals surface area (Å²) in [5.41, 5.74) is 0. The van der Waals surface area contributed by atoms with E-state index < -0.39 is 0 Å². The highest BCUT2D eigenvalue weighted by Crippen LogP contribution is 2.16. The summed E-state index contributed by atoms with van der Waals surface area (Å²) in [6, 6.07) is 4.35. The molecular weight excluding hydrogens is 190 g/mol. The molecule has 0 aliphatic carbocycles. The first-order valence-corrected chi connectivity index (χ1v) is 5.58. The highest BCUT2D eigenvalue weighted by molar-refractivity contribution is 5.93. The number of carbonyl (C=O) groups is 1. The fraction of sp³-hybridized carbons (Fsp3) is 0.583. The molecule has 1 aromatic rings. The molecule has 0 radical (unpaired) electrons. The van der Waals surface area contributed by atoms with E-state index >= 15 is 0 Å². The van der Waals surface area contributed by atoms with Crippen LogP contribution in [-0.4, -0.2) is 17.9 Å². The van der Waals surface area contributed by atoms with Gasteiger partial charge in [0.2, 0.25) is 0 Å². The molecule has 1 aliphatic heterocycles. The summed E-state index contributed by atoms with van der Waals surface area (Å²) in [6.45, 7) is 2.17. The van der Waals surface area contributed by atoms with Crippen LogP contribution in [0.1, 0.15) is 43.2 Å². The molecule has 1 N–H and O–H groups in total. The van der Waals surface area contributed by atoms with Crippen LogP contribution in [-0.2, 0) is 0 Å². The summed E-state index contributed by atoms with van der Waals surface area (Å²) in [7, 11) is 0. The van der Waals surface area contributed by atoms with E-state index in [1.807, 2.05) is 0 Å². The molecule has 1 aromatic heterocycles. The van der Waals surface area contributed by atoms with Crippen LogP contribution in [0.2, 0.25) is 0 Å². The summed E-state index contributed by atoms with van der Waals surface area (Å²) in [5.74, 6) is 0.585. The molecule has 82 valence electrons. The molecule has 2 rings (SSSR count). The molecule has 1 saturated heterocycles. The number of carbonyl (C=O) groups excluding carboxylic acids is 1.